The molecule has 1 aliphatic rings. The summed E-state index contributed by atoms with van der Waals surface area (Å²) >= 11 is 6.01. The maximum atomic E-state index is 12.3. The Balaban J connectivity index is 2.03. The molecule has 0 unspecified atom stereocenters. The summed E-state index contributed by atoms with van der Waals surface area (Å²) in [6.45, 7) is 6.48. The van der Waals surface area contributed by atoms with E-state index in [4.69, 9.17) is 17.3 Å². The summed E-state index contributed by atoms with van der Waals surface area (Å²) in [5.41, 5.74) is 5.86. The lowest BCUT2D eigenvalue weighted by Crippen LogP contribution is -2.49. The maximum absolute atomic E-state index is 12.3. The van der Waals surface area contributed by atoms with Crippen LogP contribution in [0.1, 0.15) is 23.8 Å². The van der Waals surface area contributed by atoms with Crippen LogP contribution in [0.2, 0.25) is 5.02 Å². The lowest BCUT2D eigenvalue weighted by Gasteiger charge is -2.34. The van der Waals surface area contributed by atoms with Crippen LogP contribution in [0.4, 0.5) is 5.82 Å². The minimum absolute atomic E-state index is 0.131. The van der Waals surface area contributed by atoms with Crippen LogP contribution in [0, 0.1) is 0 Å². The van der Waals surface area contributed by atoms with Crippen molar-refractivity contribution in [2.45, 2.75) is 13.3 Å². The third-order valence-corrected chi connectivity index (χ3v) is 3.57. The predicted molar refractivity (Wildman–Crippen MR) is 76.3 cm³/mol. The number of carbonyl (C=O) groups excluding carboxylic acids is 1. The molecule has 0 aliphatic carbocycles. The molecule has 0 atom stereocenters. The van der Waals surface area contributed by atoms with Gasteiger partial charge in [0.2, 0.25) is 0 Å². The number of hydrogen-bond donors (Lipinski definition) is 1. The molecule has 1 saturated heterocycles. The third kappa shape index (κ3) is 3.36. The van der Waals surface area contributed by atoms with Gasteiger partial charge in [0, 0.05) is 26.2 Å². The zero-order chi connectivity index (χ0) is 13.8. The van der Waals surface area contributed by atoms with E-state index >= 15 is 0 Å². The van der Waals surface area contributed by atoms with Gasteiger partial charge in [-0.1, -0.05) is 18.5 Å². The van der Waals surface area contributed by atoms with Crippen LogP contribution in [-0.2, 0) is 0 Å². The summed E-state index contributed by atoms with van der Waals surface area (Å²) in [6.07, 6.45) is 1.14. The van der Waals surface area contributed by atoms with E-state index in [1.807, 2.05) is 0 Å². The Kier molecular flexibility index (Phi) is 4.61. The standard InChI is InChI=1S/C13H19ClN4O/c1-2-5-17-6-8-18(9-7-17)13(19)12-10(14)3-4-11(15)16-12/h3-4H,2,5-9H2,1H3,(H2,15,16). The van der Waals surface area contributed by atoms with Gasteiger partial charge in [0.15, 0.2) is 0 Å². The number of nitrogens with two attached hydrogens (primary N) is 1. The molecule has 1 aromatic rings. The van der Waals surface area contributed by atoms with Gasteiger partial charge in [-0.15, -0.1) is 0 Å². The van der Waals surface area contributed by atoms with E-state index in [0.29, 0.717) is 23.9 Å². The molecule has 1 aliphatic heterocycles. The number of halogens is 1. The molecular weight excluding hydrogens is 264 g/mol. The van der Waals surface area contributed by atoms with Gasteiger partial charge in [0.05, 0.1) is 5.02 Å². The molecule has 19 heavy (non-hydrogen) atoms. The Hall–Kier alpha value is -1.33. The van der Waals surface area contributed by atoms with Crippen LogP contribution in [0.3, 0.4) is 0 Å². The maximum Gasteiger partial charge on any atom is 0.274 e. The summed E-state index contributed by atoms with van der Waals surface area (Å²) in [4.78, 5) is 20.5. The molecule has 0 radical (unpaired) electrons. The number of hydrogen-bond acceptors (Lipinski definition) is 4. The van der Waals surface area contributed by atoms with Gasteiger partial charge in [-0.3, -0.25) is 9.69 Å². The first kappa shape index (κ1) is 14.1. The molecule has 1 amide bonds. The third-order valence-electron chi connectivity index (χ3n) is 3.27. The number of rotatable bonds is 3. The minimum atomic E-state index is -0.131. The highest BCUT2D eigenvalue weighted by Gasteiger charge is 2.24. The quantitative estimate of drug-likeness (QED) is 0.912. The average molecular weight is 283 g/mol. The van der Waals surface area contributed by atoms with Crippen molar-refractivity contribution in [2.75, 3.05) is 38.5 Å². The molecule has 2 N–H and O–H groups in total. The second-order valence-electron chi connectivity index (χ2n) is 4.70. The molecule has 0 saturated carbocycles. The fraction of sp³-hybridized carbons (Fsp3) is 0.538. The van der Waals surface area contributed by atoms with E-state index in [2.05, 4.69) is 16.8 Å². The highest BCUT2D eigenvalue weighted by atomic mass is 35.5. The number of amides is 1. The number of aromatic nitrogens is 1. The van der Waals surface area contributed by atoms with Crippen molar-refractivity contribution in [2.24, 2.45) is 0 Å². The molecule has 2 heterocycles. The van der Waals surface area contributed by atoms with Crippen molar-refractivity contribution >= 4 is 23.3 Å². The van der Waals surface area contributed by atoms with Gasteiger partial charge >= 0.3 is 0 Å². The minimum Gasteiger partial charge on any atom is -0.384 e. The van der Waals surface area contributed by atoms with Crippen molar-refractivity contribution < 1.29 is 4.79 Å². The number of piperazine rings is 1. The van der Waals surface area contributed by atoms with Crippen LogP contribution in [-0.4, -0.2) is 53.4 Å². The van der Waals surface area contributed by atoms with Gasteiger partial charge in [-0.2, -0.15) is 0 Å². The summed E-state index contributed by atoms with van der Waals surface area (Å²) in [7, 11) is 0. The van der Waals surface area contributed by atoms with E-state index in [1.165, 1.54) is 0 Å². The summed E-state index contributed by atoms with van der Waals surface area (Å²) in [5.74, 6) is 0.186. The molecular formula is C13H19ClN4O. The van der Waals surface area contributed by atoms with Gasteiger partial charge in [-0.05, 0) is 25.1 Å². The van der Waals surface area contributed by atoms with Crippen LogP contribution < -0.4 is 5.73 Å². The van der Waals surface area contributed by atoms with E-state index in [1.54, 1.807) is 17.0 Å². The largest absolute Gasteiger partial charge is 0.384 e. The first-order valence-electron chi connectivity index (χ1n) is 6.55. The normalized spacial score (nSPS) is 16.6. The Morgan fingerprint density at radius 3 is 2.68 bits per heavy atom. The Bertz CT molecular complexity index is 458. The first-order chi connectivity index (χ1) is 9.11. The van der Waals surface area contributed by atoms with Crippen molar-refractivity contribution in [1.29, 1.82) is 0 Å². The predicted octanol–water partition coefficient (Wildman–Crippen LogP) is 1.48. The highest BCUT2D eigenvalue weighted by Crippen LogP contribution is 2.18. The van der Waals surface area contributed by atoms with Crippen LogP contribution >= 0.6 is 11.6 Å². The number of carbonyl (C=O) groups is 1. The van der Waals surface area contributed by atoms with E-state index in [9.17, 15) is 4.79 Å². The lowest BCUT2D eigenvalue weighted by atomic mass is 10.2. The monoisotopic (exact) mass is 282 g/mol. The molecule has 0 aromatic carbocycles. The van der Waals surface area contributed by atoms with Crippen LogP contribution in [0.25, 0.3) is 0 Å². The van der Waals surface area contributed by atoms with Crippen LogP contribution in [0.15, 0.2) is 12.1 Å². The van der Waals surface area contributed by atoms with Gasteiger partial charge in [0.1, 0.15) is 11.5 Å². The van der Waals surface area contributed by atoms with E-state index < -0.39 is 0 Å². The highest BCUT2D eigenvalue weighted by molar-refractivity contribution is 6.33. The zero-order valence-corrected chi connectivity index (χ0v) is 11.9. The Morgan fingerprint density at radius 2 is 2.05 bits per heavy atom. The number of nitrogens with zero attached hydrogens (tertiary/aromatic N) is 3. The molecule has 6 heteroatoms. The van der Waals surface area contributed by atoms with Crippen LogP contribution in [0.5, 0.6) is 0 Å². The van der Waals surface area contributed by atoms with Crippen molar-refractivity contribution in [1.82, 2.24) is 14.8 Å². The molecule has 0 spiro atoms. The number of pyridine rings is 1. The fourth-order valence-corrected chi connectivity index (χ4v) is 2.43. The number of nitrogen functional groups attached to an aromatic ring is 1. The van der Waals surface area contributed by atoms with Crippen molar-refractivity contribution in [3.8, 4) is 0 Å². The number of anilines is 1. The van der Waals surface area contributed by atoms with E-state index in [-0.39, 0.29) is 11.6 Å². The van der Waals surface area contributed by atoms with E-state index in [0.717, 1.165) is 26.1 Å². The second kappa shape index (κ2) is 6.21. The molecule has 5 nitrogen and oxygen atoms in total. The SMILES string of the molecule is CCCN1CCN(C(=O)c2nc(N)ccc2Cl)CC1. The Labute approximate surface area is 118 Å². The smallest absolute Gasteiger partial charge is 0.274 e. The van der Waals surface area contributed by atoms with Gasteiger partial charge < -0.3 is 10.6 Å². The summed E-state index contributed by atoms with van der Waals surface area (Å²) < 4.78 is 0. The summed E-state index contributed by atoms with van der Waals surface area (Å²) in [5, 5.41) is 0.357. The fourth-order valence-electron chi connectivity index (χ4n) is 2.25. The first-order valence-corrected chi connectivity index (χ1v) is 6.93. The Morgan fingerprint density at radius 1 is 1.37 bits per heavy atom. The molecule has 0 bridgehead atoms. The molecule has 104 valence electrons. The second-order valence-corrected chi connectivity index (χ2v) is 5.11. The average Bonchev–Trinajstić information content (AvgIpc) is 2.42. The summed E-state index contributed by atoms with van der Waals surface area (Å²) in [6, 6.07) is 3.21. The lowest BCUT2D eigenvalue weighted by molar-refractivity contribution is 0.0632. The molecule has 1 aromatic heterocycles. The van der Waals surface area contributed by atoms with Gasteiger partial charge in [0.25, 0.3) is 5.91 Å². The molecule has 1 fully saturated rings. The molecule has 2 rings (SSSR count). The van der Waals surface area contributed by atoms with Crippen molar-refractivity contribution in [3.05, 3.63) is 22.8 Å². The zero-order valence-electron chi connectivity index (χ0n) is 11.1. The van der Waals surface area contributed by atoms with Gasteiger partial charge in [-0.25, -0.2) is 4.98 Å². The van der Waals surface area contributed by atoms with Crippen molar-refractivity contribution in [3.63, 3.8) is 0 Å². The topological polar surface area (TPSA) is 62.5 Å².